The van der Waals surface area contributed by atoms with Gasteiger partial charge in [-0.05, 0) is 6.42 Å². The van der Waals surface area contributed by atoms with Crippen LogP contribution < -0.4 is 0 Å². The second kappa shape index (κ2) is 5.52. The number of rotatable bonds is 5. The highest BCUT2D eigenvalue weighted by atomic mass is 16.5. The minimum Gasteiger partial charge on any atom is -0.382 e. The van der Waals surface area contributed by atoms with Crippen LogP contribution in [0.25, 0.3) is 0 Å². The lowest BCUT2D eigenvalue weighted by molar-refractivity contribution is 0.0481. The fraction of sp³-hybridized carbons (Fsp3) is 1.00. The maximum atomic E-state index is 5.35. The molecule has 0 saturated carbocycles. The lowest BCUT2D eigenvalue weighted by Crippen LogP contribution is -2.11. The van der Waals surface area contributed by atoms with Gasteiger partial charge in [0.1, 0.15) is 0 Å². The van der Waals surface area contributed by atoms with Crippen molar-refractivity contribution in [2.45, 2.75) is 6.42 Å². The Morgan fingerprint density at radius 3 is 3.00 bits per heavy atom. The number of methoxy groups -OCH3 is 1. The summed E-state index contributed by atoms with van der Waals surface area (Å²) in [7, 11) is 1.68. The van der Waals surface area contributed by atoms with Gasteiger partial charge in [0.15, 0.2) is 0 Å². The molecule has 1 fully saturated rings. The zero-order chi connectivity index (χ0) is 7.94. The van der Waals surface area contributed by atoms with Gasteiger partial charge in [0, 0.05) is 19.6 Å². The Bertz CT molecular complexity index is 89.3. The van der Waals surface area contributed by atoms with Crippen LogP contribution in [0, 0.1) is 5.92 Å². The first-order valence-electron chi connectivity index (χ1n) is 4.08. The molecule has 0 radical (unpaired) electrons. The standard InChI is InChI=1S/C8H16O3/c1-9-4-5-11-7-8-2-3-10-6-8/h8H,2-7H2,1H3. The molecule has 3 nitrogen and oxygen atoms in total. The van der Waals surface area contributed by atoms with E-state index < -0.39 is 0 Å². The molecule has 11 heavy (non-hydrogen) atoms. The Hall–Kier alpha value is -0.120. The van der Waals surface area contributed by atoms with E-state index in [2.05, 4.69) is 0 Å². The molecular formula is C8H16O3. The summed E-state index contributed by atoms with van der Waals surface area (Å²) in [6, 6.07) is 0. The zero-order valence-electron chi connectivity index (χ0n) is 7.04. The summed E-state index contributed by atoms with van der Waals surface area (Å²) < 4.78 is 15.4. The minimum absolute atomic E-state index is 0.617. The Balaban J connectivity index is 1.86. The monoisotopic (exact) mass is 160 g/mol. The van der Waals surface area contributed by atoms with Crippen molar-refractivity contribution in [3.63, 3.8) is 0 Å². The molecule has 0 aromatic heterocycles. The summed E-state index contributed by atoms with van der Waals surface area (Å²) >= 11 is 0. The van der Waals surface area contributed by atoms with Crippen LogP contribution in [0.1, 0.15) is 6.42 Å². The molecule has 66 valence electrons. The smallest absolute Gasteiger partial charge is 0.0700 e. The molecule has 0 aliphatic carbocycles. The summed E-state index contributed by atoms with van der Waals surface area (Å²) in [6.07, 6.45) is 1.15. The third kappa shape index (κ3) is 3.70. The first-order valence-corrected chi connectivity index (χ1v) is 4.08. The average Bonchev–Trinajstić information content (AvgIpc) is 2.50. The molecule has 0 aromatic carbocycles. The number of hydrogen-bond acceptors (Lipinski definition) is 3. The fourth-order valence-electron chi connectivity index (χ4n) is 1.11. The second-order valence-corrected chi connectivity index (χ2v) is 2.80. The zero-order valence-corrected chi connectivity index (χ0v) is 7.04. The Morgan fingerprint density at radius 2 is 2.36 bits per heavy atom. The van der Waals surface area contributed by atoms with Gasteiger partial charge in [0.2, 0.25) is 0 Å². The lowest BCUT2D eigenvalue weighted by Gasteiger charge is -2.07. The van der Waals surface area contributed by atoms with Crippen LogP contribution in [0.2, 0.25) is 0 Å². The van der Waals surface area contributed by atoms with Gasteiger partial charge in [-0.2, -0.15) is 0 Å². The SMILES string of the molecule is COCCOCC1CCOC1. The summed E-state index contributed by atoms with van der Waals surface area (Å²) in [5.41, 5.74) is 0. The summed E-state index contributed by atoms with van der Waals surface area (Å²) in [5.74, 6) is 0.617. The molecule has 1 heterocycles. The van der Waals surface area contributed by atoms with E-state index in [1.54, 1.807) is 7.11 Å². The van der Waals surface area contributed by atoms with E-state index in [4.69, 9.17) is 14.2 Å². The largest absolute Gasteiger partial charge is 0.382 e. The van der Waals surface area contributed by atoms with Gasteiger partial charge in [-0.25, -0.2) is 0 Å². The van der Waals surface area contributed by atoms with Gasteiger partial charge in [-0.3, -0.25) is 0 Å². The molecule has 1 atom stereocenters. The summed E-state index contributed by atoms with van der Waals surface area (Å²) in [6.45, 7) is 3.98. The molecule has 0 bridgehead atoms. The third-order valence-corrected chi connectivity index (χ3v) is 1.81. The van der Waals surface area contributed by atoms with Gasteiger partial charge in [0.05, 0.1) is 26.4 Å². The highest BCUT2D eigenvalue weighted by Crippen LogP contribution is 2.11. The highest BCUT2D eigenvalue weighted by molar-refractivity contribution is 4.62. The molecule has 1 rings (SSSR count). The molecule has 0 N–H and O–H groups in total. The van der Waals surface area contributed by atoms with Gasteiger partial charge < -0.3 is 14.2 Å². The molecule has 3 heteroatoms. The summed E-state index contributed by atoms with van der Waals surface area (Å²) in [4.78, 5) is 0. The van der Waals surface area contributed by atoms with E-state index in [0.29, 0.717) is 19.1 Å². The van der Waals surface area contributed by atoms with Crippen molar-refractivity contribution in [2.75, 3.05) is 40.1 Å². The van der Waals surface area contributed by atoms with Gasteiger partial charge in [-0.15, -0.1) is 0 Å². The Morgan fingerprint density at radius 1 is 1.45 bits per heavy atom. The van der Waals surface area contributed by atoms with Crippen molar-refractivity contribution >= 4 is 0 Å². The van der Waals surface area contributed by atoms with Crippen molar-refractivity contribution in [3.05, 3.63) is 0 Å². The van der Waals surface area contributed by atoms with E-state index in [1.165, 1.54) is 0 Å². The third-order valence-electron chi connectivity index (χ3n) is 1.81. The van der Waals surface area contributed by atoms with Gasteiger partial charge in [0.25, 0.3) is 0 Å². The number of ether oxygens (including phenoxy) is 3. The Kier molecular flexibility index (Phi) is 4.50. The Labute approximate surface area is 67.6 Å². The van der Waals surface area contributed by atoms with Crippen LogP contribution in [-0.2, 0) is 14.2 Å². The van der Waals surface area contributed by atoms with Crippen LogP contribution in [0.15, 0.2) is 0 Å². The fourth-order valence-corrected chi connectivity index (χ4v) is 1.11. The molecule has 0 amide bonds. The van der Waals surface area contributed by atoms with Crippen molar-refractivity contribution in [1.29, 1.82) is 0 Å². The highest BCUT2D eigenvalue weighted by Gasteiger charge is 2.14. The van der Waals surface area contributed by atoms with Crippen molar-refractivity contribution in [1.82, 2.24) is 0 Å². The van der Waals surface area contributed by atoms with E-state index in [1.807, 2.05) is 0 Å². The molecule has 1 aliphatic rings. The normalized spacial score (nSPS) is 24.3. The van der Waals surface area contributed by atoms with E-state index in [9.17, 15) is 0 Å². The van der Waals surface area contributed by atoms with E-state index >= 15 is 0 Å². The van der Waals surface area contributed by atoms with Crippen LogP contribution in [0.4, 0.5) is 0 Å². The maximum absolute atomic E-state index is 5.35. The first kappa shape index (κ1) is 8.97. The quantitative estimate of drug-likeness (QED) is 0.554. The van der Waals surface area contributed by atoms with Gasteiger partial charge in [-0.1, -0.05) is 0 Å². The second-order valence-electron chi connectivity index (χ2n) is 2.80. The van der Waals surface area contributed by atoms with Gasteiger partial charge >= 0.3 is 0 Å². The molecule has 0 aromatic rings. The van der Waals surface area contributed by atoms with Crippen molar-refractivity contribution in [3.8, 4) is 0 Å². The van der Waals surface area contributed by atoms with Crippen molar-refractivity contribution < 1.29 is 14.2 Å². The van der Waals surface area contributed by atoms with Crippen LogP contribution in [-0.4, -0.2) is 40.1 Å². The predicted octanol–water partition coefficient (Wildman–Crippen LogP) is 0.686. The lowest BCUT2D eigenvalue weighted by atomic mass is 10.1. The molecule has 1 aliphatic heterocycles. The molecular weight excluding hydrogens is 144 g/mol. The topological polar surface area (TPSA) is 27.7 Å². The van der Waals surface area contributed by atoms with E-state index in [-0.39, 0.29) is 0 Å². The first-order chi connectivity index (χ1) is 5.43. The van der Waals surface area contributed by atoms with Crippen LogP contribution >= 0.6 is 0 Å². The average molecular weight is 160 g/mol. The molecule has 1 unspecified atom stereocenters. The number of hydrogen-bond donors (Lipinski definition) is 0. The van der Waals surface area contributed by atoms with Crippen LogP contribution in [0.3, 0.4) is 0 Å². The summed E-state index contributed by atoms with van der Waals surface area (Å²) in [5, 5.41) is 0. The minimum atomic E-state index is 0.617. The predicted molar refractivity (Wildman–Crippen MR) is 41.6 cm³/mol. The maximum Gasteiger partial charge on any atom is 0.0700 e. The molecule has 0 spiro atoms. The van der Waals surface area contributed by atoms with Crippen molar-refractivity contribution in [2.24, 2.45) is 5.92 Å². The van der Waals surface area contributed by atoms with E-state index in [0.717, 1.165) is 26.2 Å². The molecule has 1 saturated heterocycles. The van der Waals surface area contributed by atoms with Crippen LogP contribution in [0.5, 0.6) is 0 Å².